The molecule has 0 amide bonds. The predicted molar refractivity (Wildman–Crippen MR) is 171 cm³/mol. The summed E-state index contributed by atoms with van der Waals surface area (Å²) in [4.78, 5) is 8.44. The topological polar surface area (TPSA) is 57.3 Å². The van der Waals surface area contributed by atoms with Gasteiger partial charge in [-0.1, -0.05) is 56.2 Å². The van der Waals surface area contributed by atoms with E-state index in [1.165, 1.54) is 12.1 Å². The first-order chi connectivity index (χ1) is 21.3. The van der Waals surface area contributed by atoms with Crippen molar-refractivity contribution in [2.75, 3.05) is 9.80 Å². The van der Waals surface area contributed by atoms with E-state index in [0.717, 1.165) is 38.9 Å². The van der Waals surface area contributed by atoms with Gasteiger partial charge in [0.1, 0.15) is 5.82 Å². The quantitative estimate of drug-likeness (QED) is 0.164. The molecule has 0 aliphatic carbocycles. The van der Waals surface area contributed by atoms with Crippen molar-refractivity contribution in [1.82, 2.24) is 9.55 Å². The number of rotatable bonds is 5. The molecule has 8 heteroatoms. The van der Waals surface area contributed by atoms with Gasteiger partial charge in [0.25, 0.3) is 0 Å². The van der Waals surface area contributed by atoms with E-state index in [1.807, 2.05) is 89.3 Å². The summed E-state index contributed by atoms with van der Waals surface area (Å²) in [7, 11) is 0. The monoisotopic (exact) mass is 771 g/mol. The van der Waals surface area contributed by atoms with Crippen LogP contribution in [0, 0.1) is 35.9 Å². The van der Waals surface area contributed by atoms with Crippen molar-refractivity contribution in [2.24, 2.45) is 0 Å². The van der Waals surface area contributed by atoms with Gasteiger partial charge in [-0.05, 0) is 71.2 Å². The molecule has 0 unspecified atom stereocenters. The van der Waals surface area contributed by atoms with E-state index in [-0.39, 0.29) is 32.2 Å². The first-order valence-corrected chi connectivity index (χ1v) is 14.2. The molecule has 2 aromatic heterocycles. The van der Waals surface area contributed by atoms with Gasteiger partial charge in [-0.15, -0.1) is 36.3 Å². The van der Waals surface area contributed by atoms with Gasteiger partial charge in [0.05, 0.1) is 11.6 Å². The summed E-state index contributed by atoms with van der Waals surface area (Å²) in [5, 5.41) is 11.4. The molecule has 6 nitrogen and oxygen atoms in total. The average molecular weight is 772 g/mol. The molecule has 0 radical (unpaired) electrons. The van der Waals surface area contributed by atoms with Gasteiger partial charge in [-0.3, -0.25) is 0 Å². The molecular weight excluding hydrogens is 745 g/mol. The molecule has 4 aromatic carbocycles. The molecule has 6 aromatic rings. The third kappa shape index (κ3) is 5.82. The fraction of sp³-hybridized carbons (Fsp3) is 0.108. The van der Waals surface area contributed by atoms with Crippen LogP contribution in [0.15, 0.2) is 104 Å². The Morgan fingerprint density at radius 1 is 0.867 bits per heavy atom. The largest absolute Gasteiger partial charge is 0.509 e. The van der Waals surface area contributed by atoms with Gasteiger partial charge < -0.3 is 19.1 Å². The van der Waals surface area contributed by atoms with Gasteiger partial charge in [0, 0.05) is 55.8 Å². The average Bonchev–Trinajstić information content (AvgIpc) is 3.64. The molecule has 45 heavy (non-hydrogen) atoms. The number of ether oxygens (including phenoxy) is 1. The maximum Gasteiger partial charge on any atom is 0.135 e. The summed E-state index contributed by atoms with van der Waals surface area (Å²) < 4.78 is 23.1. The SMILES string of the molecule is CC(C)(C)c1ccnc(-n2c3[c-]c(Oc4[c-]c(N5C=CN(c6ccccc6)[CH-]5)cc(F)c4)ccc3c3cc(C#N)ccc32)c1.[Pt]. The Labute approximate surface area is 275 Å². The summed E-state index contributed by atoms with van der Waals surface area (Å²) in [6.07, 6.45) is 5.55. The zero-order valence-corrected chi connectivity index (χ0v) is 27.0. The molecule has 0 saturated heterocycles. The molecule has 0 N–H and O–H groups in total. The first-order valence-electron chi connectivity index (χ1n) is 14.2. The van der Waals surface area contributed by atoms with Crippen LogP contribution >= 0.6 is 0 Å². The molecule has 0 spiro atoms. The van der Waals surface area contributed by atoms with Crippen LogP contribution in [-0.4, -0.2) is 9.55 Å². The van der Waals surface area contributed by atoms with Crippen molar-refractivity contribution < 1.29 is 30.2 Å². The molecule has 226 valence electrons. The minimum absolute atomic E-state index is 0. The van der Waals surface area contributed by atoms with Gasteiger partial charge in [0.2, 0.25) is 0 Å². The summed E-state index contributed by atoms with van der Waals surface area (Å²) in [5.74, 6) is 0.900. The second-order valence-electron chi connectivity index (χ2n) is 11.6. The number of para-hydroxylation sites is 1. The number of hydrogen-bond donors (Lipinski definition) is 0. The van der Waals surface area contributed by atoms with Gasteiger partial charge in [0.15, 0.2) is 0 Å². The molecular formula is C37H27FN5OPt-3. The number of benzene rings is 4. The Hall–Kier alpha value is -4.92. The van der Waals surface area contributed by atoms with Crippen molar-refractivity contribution in [3.8, 4) is 23.4 Å². The van der Waals surface area contributed by atoms with Crippen LogP contribution in [0.25, 0.3) is 27.6 Å². The van der Waals surface area contributed by atoms with Crippen LogP contribution in [0.4, 0.5) is 15.8 Å². The van der Waals surface area contributed by atoms with E-state index < -0.39 is 5.82 Å². The second-order valence-corrected chi connectivity index (χ2v) is 11.6. The molecule has 0 bridgehead atoms. The summed E-state index contributed by atoms with van der Waals surface area (Å²) >= 11 is 0. The van der Waals surface area contributed by atoms with Crippen LogP contribution in [0.1, 0.15) is 31.9 Å². The van der Waals surface area contributed by atoms with Crippen molar-refractivity contribution in [3.63, 3.8) is 0 Å². The third-order valence-corrected chi connectivity index (χ3v) is 7.60. The third-order valence-electron chi connectivity index (χ3n) is 7.60. The molecule has 7 rings (SSSR count). The Kier molecular flexibility index (Phi) is 7.95. The second kappa shape index (κ2) is 11.9. The van der Waals surface area contributed by atoms with E-state index in [2.05, 4.69) is 45.0 Å². The Morgan fingerprint density at radius 2 is 1.67 bits per heavy atom. The van der Waals surface area contributed by atoms with Crippen LogP contribution in [0.2, 0.25) is 0 Å². The van der Waals surface area contributed by atoms with Gasteiger partial charge in [-0.2, -0.15) is 11.3 Å². The Bertz CT molecular complexity index is 2110. The van der Waals surface area contributed by atoms with Crippen molar-refractivity contribution in [2.45, 2.75) is 26.2 Å². The van der Waals surface area contributed by atoms with E-state index in [4.69, 9.17) is 9.72 Å². The minimum atomic E-state index is -0.448. The fourth-order valence-electron chi connectivity index (χ4n) is 5.36. The molecule has 0 atom stereocenters. The number of nitriles is 1. The number of hydrogen-bond acceptors (Lipinski definition) is 5. The standard InChI is InChI=1S/C37H27FN5O.Pt/c1-37(2,3)26-13-14-40-36(18-26)43-34-12-9-25(23-39)17-33(34)32-11-10-30(22-35(32)43)44-31-20-27(38)19-29(21-31)42-16-15-41(24-42)28-7-5-4-6-8-28;/h4-20,24H,1-3H3;/q-3;. The van der Waals surface area contributed by atoms with Crippen molar-refractivity contribution >= 4 is 33.2 Å². The normalized spacial score (nSPS) is 12.9. The number of aromatic nitrogens is 2. The Balaban J connectivity index is 0.00000357. The van der Waals surface area contributed by atoms with E-state index >= 15 is 0 Å². The van der Waals surface area contributed by atoms with E-state index in [1.54, 1.807) is 17.0 Å². The molecule has 0 saturated carbocycles. The first kappa shape index (κ1) is 30.1. The molecule has 1 aliphatic rings. The maximum atomic E-state index is 14.9. The summed E-state index contributed by atoms with van der Waals surface area (Å²) in [6.45, 7) is 8.34. The predicted octanol–water partition coefficient (Wildman–Crippen LogP) is 8.79. The summed E-state index contributed by atoms with van der Waals surface area (Å²) in [5.41, 5.74) is 4.74. The van der Waals surface area contributed by atoms with Crippen LogP contribution in [-0.2, 0) is 26.5 Å². The fourth-order valence-corrected chi connectivity index (χ4v) is 5.36. The zero-order valence-electron chi connectivity index (χ0n) is 24.7. The van der Waals surface area contributed by atoms with Crippen LogP contribution < -0.4 is 14.5 Å². The number of nitrogens with zero attached hydrogens (tertiary/aromatic N) is 5. The van der Waals surface area contributed by atoms with Crippen molar-refractivity contribution in [3.05, 3.63) is 139 Å². The van der Waals surface area contributed by atoms with Gasteiger partial charge in [-0.25, -0.2) is 9.37 Å². The van der Waals surface area contributed by atoms with E-state index in [0.29, 0.717) is 17.0 Å². The number of pyridine rings is 1. The number of fused-ring (bicyclic) bond motifs is 3. The Morgan fingerprint density at radius 3 is 2.44 bits per heavy atom. The number of halogens is 1. The van der Waals surface area contributed by atoms with Crippen LogP contribution in [0.3, 0.4) is 0 Å². The van der Waals surface area contributed by atoms with Crippen LogP contribution in [0.5, 0.6) is 11.5 Å². The molecule has 0 fully saturated rings. The summed E-state index contributed by atoms with van der Waals surface area (Å²) in [6, 6.07) is 34.8. The van der Waals surface area contributed by atoms with Gasteiger partial charge >= 0.3 is 0 Å². The smallest absolute Gasteiger partial charge is 0.135 e. The maximum absolute atomic E-state index is 14.9. The zero-order chi connectivity index (χ0) is 30.4. The van der Waals surface area contributed by atoms with Crippen molar-refractivity contribution in [1.29, 1.82) is 5.26 Å². The molecule has 3 heterocycles. The minimum Gasteiger partial charge on any atom is -0.509 e. The molecule has 1 aliphatic heterocycles. The number of anilines is 2. The van der Waals surface area contributed by atoms with E-state index in [9.17, 15) is 9.65 Å².